The summed E-state index contributed by atoms with van der Waals surface area (Å²) in [7, 11) is 0. The van der Waals surface area contributed by atoms with E-state index in [9.17, 15) is 9.90 Å². The summed E-state index contributed by atoms with van der Waals surface area (Å²) in [4.78, 5) is 11.3. The van der Waals surface area contributed by atoms with Gasteiger partial charge in [0.05, 0.1) is 5.92 Å². The molecule has 1 atom stereocenters. The second-order valence-electron chi connectivity index (χ2n) is 6.79. The summed E-state index contributed by atoms with van der Waals surface area (Å²) in [5.41, 5.74) is 0.0182. The minimum atomic E-state index is -0.667. The van der Waals surface area contributed by atoms with Crippen molar-refractivity contribution in [2.75, 3.05) is 0 Å². The van der Waals surface area contributed by atoms with Gasteiger partial charge in [0, 0.05) is 0 Å². The predicted octanol–water partition coefficient (Wildman–Crippen LogP) is 3.81. The maximum absolute atomic E-state index is 11.3. The number of carbonyl (C=O) groups is 1. The van der Waals surface area contributed by atoms with Crippen LogP contribution in [0.3, 0.4) is 0 Å². The largest absolute Gasteiger partial charge is 0.481 e. The van der Waals surface area contributed by atoms with Crippen LogP contribution in [0.15, 0.2) is 0 Å². The molecule has 0 fully saturated rings. The van der Waals surface area contributed by atoms with Gasteiger partial charge in [0.25, 0.3) is 0 Å². The third kappa shape index (κ3) is 4.67. The van der Waals surface area contributed by atoms with Crippen LogP contribution in [0.2, 0.25) is 0 Å². The van der Waals surface area contributed by atoms with Crippen molar-refractivity contribution in [1.29, 1.82) is 0 Å². The number of carboxylic acid groups (broad SMARTS) is 1. The monoisotopic (exact) mass is 214 g/mol. The Kier molecular flexibility index (Phi) is 4.38. The second-order valence-corrected chi connectivity index (χ2v) is 6.79. The zero-order valence-corrected chi connectivity index (χ0v) is 11.2. The molecule has 0 saturated carbocycles. The third-order valence-corrected chi connectivity index (χ3v) is 2.76. The van der Waals surface area contributed by atoms with Gasteiger partial charge in [-0.15, -0.1) is 0 Å². The molecule has 0 aliphatic rings. The normalized spacial score (nSPS) is 15.5. The van der Waals surface area contributed by atoms with Gasteiger partial charge in [-0.05, 0) is 23.2 Å². The summed E-state index contributed by atoms with van der Waals surface area (Å²) in [6.07, 6.45) is 0.926. The Hall–Kier alpha value is -0.530. The highest BCUT2D eigenvalue weighted by Gasteiger charge is 2.39. The summed E-state index contributed by atoms with van der Waals surface area (Å²) in [6.45, 7) is 14.6. The SMILES string of the molecule is CC(C)C(C(=O)O)C(C)(C)CC(C)(C)C. The molecule has 15 heavy (non-hydrogen) atoms. The number of rotatable bonds is 4. The molecule has 2 heteroatoms. The van der Waals surface area contributed by atoms with Crippen LogP contribution in [0, 0.1) is 22.7 Å². The first kappa shape index (κ1) is 14.5. The molecular weight excluding hydrogens is 188 g/mol. The molecule has 0 aromatic rings. The van der Waals surface area contributed by atoms with Gasteiger partial charge in [-0.1, -0.05) is 48.5 Å². The van der Waals surface area contributed by atoms with Crippen LogP contribution >= 0.6 is 0 Å². The first-order valence-corrected chi connectivity index (χ1v) is 5.70. The molecule has 1 N–H and O–H groups in total. The molecule has 0 radical (unpaired) electrons. The highest BCUT2D eigenvalue weighted by Crippen LogP contribution is 2.42. The third-order valence-electron chi connectivity index (χ3n) is 2.76. The van der Waals surface area contributed by atoms with Gasteiger partial charge in [0.2, 0.25) is 0 Å². The van der Waals surface area contributed by atoms with E-state index in [0.717, 1.165) is 6.42 Å². The van der Waals surface area contributed by atoms with Crippen LogP contribution in [0.1, 0.15) is 54.9 Å². The standard InChI is InChI=1S/C13H26O2/c1-9(2)10(11(14)15)13(6,7)8-12(3,4)5/h9-10H,8H2,1-7H3,(H,14,15). The number of hydrogen-bond acceptors (Lipinski definition) is 1. The first-order chi connectivity index (χ1) is 6.47. The Morgan fingerprint density at radius 1 is 1.13 bits per heavy atom. The van der Waals surface area contributed by atoms with Crippen molar-refractivity contribution in [1.82, 2.24) is 0 Å². The Morgan fingerprint density at radius 2 is 1.53 bits per heavy atom. The number of aliphatic carboxylic acids is 1. The quantitative estimate of drug-likeness (QED) is 0.772. The van der Waals surface area contributed by atoms with E-state index in [1.165, 1.54) is 0 Å². The van der Waals surface area contributed by atoms with Gasteiger partial charge in [-0.2, -0.15) is 0 Å². The van der Waals surface area contributed by atoms with Crippen molar-refractivity contribution in [3.63, 3.8) is 0 Å². The fraction of sp³-hybridized carbons (Fsp3) is 0.923. The second kappa shape index (κ2) is 4.54. The van der Waals surface area contributed by atoms with E-state index in [4.69, 9.17) is 0 Å². The van der Waals surface area contributed by atoms with Gasteiger partial charge in [0.1, 0.15) is 0 Å². The van der Waals surface area contributed by atoms with E-state index < -0.39 is 5.97 Å². The fourth-order valence-corrected chi connectivity index (χ4v) is 3.00. The lowest BCUT2D eigenvalue weighted by molar-refractivity contribution is -0.149. The molecule has 0 spiro atoms. The summed E-state index contributed by atoms with van der Waals surface area (Å²) in [5.74, 6) is -0.754. The Labute approximate surface area is 94.1 Å². The maximum atomic E-state index is 11.3. The van der Waals surface area contributed by atoms with E-state index >= 15 is 0 Å². The molecule has 0 aliphatic carbocycles. The number of carboxylic acids is 1. The molecule has 0 rings (SSSR count). The van der Waals surface area contributed by atoms with Crippen molar-refractivity contribution in [3.8, 4) is 0 Å². The Morgan fingerprint density at radius 3 is 1.73 bits per heavy atom. The molecular formula is C13H26O2. The smallest absolute Gasteiger partial charge is 0.307 e. The van der Waals surface area contributed by atoms with E-state index in [1.54, 1.807) is 0 Å². The van der Waals surface area contributed by atoms with Crippen molar-refractivity contribution in [2.45, 2.75) is 54.9 Å². The molecule has 0 aromatic heterocycles. The molecule has 90 valence electrons. The molecule has 0 heterocycles. The fourth-order valence-electron chi connectivity index (χ4n) is 3.00. The van der Waals surface area contributed by atoms with Crippen LogP contribution in [0.25, 0.3) is 0 Å². The van der Waals surface area contributed by atoms with E-state index in [2.05, 4.69) is 34.6 Å². The van der Waals surface area contributed by atoms with Gasteiger partial charge < -0.3 is 5.11 Å². The van der Waals surface area contributed by atoms with Crippen LogP contribution < -0.4 is 0 Å². The molecule has 0 saturated heterocycles. The van der Waals surface area contributed by atoms with Crippen molar-refractivity contribution in [3.05, 3.63) is 0 Å². The molecule has 0 amide bonds. The number of hydrogen-bond donors (Lipinski definition) is 1. The van der Waals surface area contributed by atoms with Crippen molar-refractivity contribution >= 4 is 5.97 Å². The molecule has 0 aromatic carbocycles. The zero-order valence-electron chi connectivity index (χ0n) is 11.2. The lowest BCUT2D eigenvalue weighted by Crippen LogP contribution is -2.37. The maximum Gasteiger partial charge on any atom is 0.307 e. The summed E-state index contributed by atoms with van der Waals surface area (Å²) >= 11 is 0. The summed E-state index contributed by atoms with van der Waals surface area (Å²) in [5, 5.41) is 9.28. The minimum Gasteiger partial charge on any atom is -0.481 e. The zero-order chi connectivity index (χ0) is 12.4. The predicted molar refractivity (Wildman–Crippen MR) is 63.8 cm³/mol. The van der Waals surface area contributed by atoms with E-state index in [1.807, 2.05) is 13.8 Å². The summed E-state index contributed by atoms with van der Waals surface area (Å²) < 4.78 is 0. The highest BCUT2D eigenvalue weighted by atomic mass is 16.4. The van der Waals surface area contributed by atoms with Crippen LogP contribution in [-0.2, 0) is 4.79 Å². The average molecular weight is 214 g/mol. The minimum absolute atomic E-state index is 0.155. The van der Waals surface area contributed by atoms with Gasteiger partial charge in [-0.25, -0.2) is 0 Å². The molecule has 0 bridgehead atoms. The van der Waals surface area contributed by atoms with E-state index in [-0.39, 0.29) is 22.7 Å². The lowest BCUT2D eigenvalue weighted by atomic mass is 9.65. The summed E-state index contributed by atoms with van der Waals surface area (Å²) in [6, 6.07) is 0. The topological polar surface area (TPSA) is 37.3 Å². The molecule has 2 nitrogen and oxygen atoms in total. The average Bonchev–Trinajstić information content (AvgIpc) is 1.74. The first-order valence-electron chi connectivity index (χ1n) is 5.70. The van der Waals surface area contributed by atoms with E-state index in [0.29, 0.717) is 0 Å². The van der Waals surface area contributed by atoms with Crippen LogP contribution in [-0.4, -0.2) is 11.1 Å². The Bertz CT molecular complexity index is 221. The van der Waals surface area contributed by atoms with Crippen molar-refractivity contribution in [2.24, 2.45) is 22.7 Å². The highest BCUT2D eigenvalue weighted by molar-refractivity contribution is 5.71. The van der Waals surface area contributed by atoms with Gasteiger partial charge in [-0.3, -0.25) is 4.79 Å². The van der Waals surface area contributed by atoms with Gasteiger partial charge in [0.15, 0.2) is 0 Å². The van der Waals surface area contributed by atoms with Gasteiger partial charge >= 0.3 is 5.97 Å². The van der Waals surface area contributed by atoms with Crippen molar-refractivity contribution < 1.29 is 9.90 Å². The molecule has 1 unspecified atom stereocenters. The Balaban J connectivity index is 4.88. The van der Waals surface area contributed by atoms with Crippen LogP contribution in [0.5, 0.6) is 0 Å². The lowest BCUT2D eigenvalue weighted by Gasteiger charge is -2.38. The molecule has 0 aliphatic heterocycles. The van der Waals surface area contributed by atoms with Crippen LogP contribution in [0.4, 0.5) is 0 Å².